The minimum absolute atomic E-state index is 0.0913. The number of rotatable bonds is 4. The molecule has 0 spiro atoms. The second kappa shape index (κ2) is 5.69. The molecule has 0 aromatic carbocycles. The Kier molecular flexibility index (Phi) is 4.23. The summed E-state index contributed by atoms with van der Waals surface area (Å²) in [7, 11) is 0. The van der Waals surface area contributed by atoms with Crippen molar-refractivity contribution in [3.8, 4) is 11.8 Å². The highest BCUT2D eigenvalue weighted by atomic mass is 16.1. The SMILES string of the molecule is CC#CCCC(=O)C1(N2CCCC2)CCCC1. The zero-order valence-corrected chi connectivity index (χ0v) is 10.9. The van der Waals surface area contributed by atoms with Crippen molar-refractivity contribution in [1.29, 1.82) is 0 Å². The lowest BCUT2D eigenvalue weighted by Gasteiger charge is -2.37. The topological polar surface area (TPSA) is 20.3 Å². The number of hydrogen-bond donors (Lipinski definition) is 0. The van der Waals surface area contributed by atoms with Crippen LogP contribution in [0.25, 0.3) is 0 Å². The number of nitrogens with zero attached hydrogens (tertiary/aromatic N) is 1. The predicted octanol–water partition coefficient (Wildman–Crippen LogP) is 2.77. The van der Waals surface area contributed by atoms with Crippen LogP contribution in [0.4, 0.5) is 0 Å². The molecule has 1 aliphatic heterocycles. The molecule has 0 radical (unpaired) electrons. The number of likely N-dealkylation sites (tertiary alicyclic amines) is 1. The number of carbonyl (C=O) groups excluding carboxylic acids is 1. The van der Waals surface area contributed by atoms with Crippen LogP contribution in [-0.4, -0.2) is 29.3 Å². The third kappa shape index (κ3) is 2.55. The van der Waals surface area contributed by atoms with Gasteiger partial charge in [0.25, 0.3) is 0 Å². The molecule has 1 saturated heterocycles. The Morgan fingerprint density at radius 2 is 1.82 bits per heavy atom. The van der Waals surface area contributed by atoms with Gasteiger partial charge in [-0.15, -0.1) is 11.8 Å². The Hall–Kier alpha value is -0.810. The van der Waals surface area contributed by atoms with E-state index in [9.17, 15) is 4.79 Å². The van der Waals surface area contributed by atoms with Crippen molar-refractivity contribution < 1.29 is 4.79 Å². The van der Waals surface area contributed by atoms with Crippen LogP contribution in [0.1, 0.15) is 58.3 Å². The molecule has 0 atom stereocenters. The largest absolute Gasteiger partial charge is 0.298 e. The lowest BCUT2D eigenvalue weighted by Crippen LogP contribution is -2.51. The molecule has 0 aromatic heterocycles. The zero-order valence-electron chi connectivity index (χ0n) is 10.9. The van der Waals surface area contributed by atoms with Crippen molar-refractivity contribution >= 4 is 5.78 Å². The first-order valence-corrected chi connectivity index (χ1v) is 6.97. The fraction of sp³-hybridized carbons (Fsp3) is 0.800. The minimum Gasteiger partial charge on any atom is -0.298 e. The number of ketones is 1. The highest BCUT2D eigenvalue weighted by molar-refractivity contribution is 5.89. The van der Waals surface area contributed by atoms with Gasteiger partial charge in [0.2, 0.25) is 0 Å². The Morgan fingerprint density at radius 1 is 1.18 bits per heavy atom. The number of hydrogen-bond acceptors (Lipinski definition) is 2. The summed E-state index contributed by atoms with van der Waals surface area (Å²) in [5.41, 5.74) is -0.0913. The van der Waals surface area contributed by atoms with Crippen molar-refractivity contribution in [2.75, 3.05) is 13.1 Å². The summed E-state index contributed by atoms with van der Waals surface area (Å²) in [5.74, 6) is 6.36. The fourth-order valence-corrected chi connectivity index (χ4v) is 3.41. The first-order chi connectivity index (χ1) is 8.29. The van der Waals surface area contributed by atoms with Gasteiger partial charge in [-0.1, -0.05) is 12.8 Å². The molecule has 2 nitrogen and oxygen atoms in total. The smallest absolute Gasteiger partial charge is 0.154 e. The zero-order chi connectivity index (χ0) is 12.1. The molecule has 1 heterocycles. The average molecular weight is 233 g/mol. The first kappa shape index (κ1) is 12.6. The molecule has 1 aliphatic carbocycles. The highest BCUT2D eigenvalue weighted by Crippen LogP contribution is 2.39. The second-order valence-corrected chi connectivity index (χ2v) is 5.28. The van der Waals surface area contributed by atoms with Gasteiger partial charge in [-0.05, 0) is 45.7 Å². The summed E-state index contributed by atoms with van der Waals surface area (Å²) in [4.78, 5) is 15.0. The molecular formula is C15H23NO. The van der Waals surface area contributed by atoms with Gasteiger partial charge >= 0.3 is 0 Å². The monoisotopic (exact) mass is 233 g/mol. The predicted molar refractivity (Wildman–Crippen MR) is 69.7 cm³/mol. The molecule has 94 valence electrons. The maximum atomic E-state index is 12.5. The van der Waals surface area contributed by atoms with Crippen LogP contribution in [0.3, 0.4) is 0 Å². The van der Waals surface area contributed by atoms with E-state index in [1.54, 1.807) is 0 Å². The Bertz CT molecular complexity index is 325. The second-order valence-electron chi connectivity index (χ2n) is 5.28. The summed E-state index contributed by atoms with van der Waals surface area (Å²) in [5, 5.41) is 0. The molecule has 17 heavy (non-hydrogen) atoms. The average Bonchev–Trinajstić information content (AvgIpc) is 3.00. The van der Waals surface area contributed by atoms with E-state index in [1.165, 1.54) is 25.7 Å². The van der Waals surface area contributed by atoms with E-state index in [2.05, 4.69) is 16.7 Å². The van der Waals surface area contributed by atoms with Gasteiger partial charge in [0.05, 0.1) is 5.54 Å². The third-order valence-electron chi connectivity index (χ3n) is 4.31. The third-order valence-corrected chi connectivity index (χ3v) is 4.31. The summed E-state index contributed by atoms with van der Waals surface area (Å²) in [6, 6.07) is 0. The molecular weight excluding hydrogens is 210 g/mol. The van der Waals surface area contributed by atoms with E-state index in [-0.39, 0.29) is 5.54 Å². The molecule has 0 unspecified atom stereocenters. The van der Waals surface area contributed by atoms with E-state index in [0.717, 1.165) is 32.4 Å². The first-order valence-electron chi connectivity index (χ1n) is 6.97. The quantitative estimate of drug-likeness (QED) is 0.696. The number of carbonyl (C=O) groups is 1. The summed E-state index contributed by atoms with van der Waals surface area (Å²) in [6.45, 7) is 4.10. The van der Waals surface area contributed by atoms with E-state index in [4.69, 9.17) is 0 Å². The molecule has 2 rings (SSSR count). The van der Waals surface area contributed by atoms with E-state index >= 15 is 0 Å². The van der Waals surface area contributed by atoms with Gasteiger partial charge in [-0.25, -0.2) is 0 Å². The number of Topliss-reactive ketones (excluding diaryl/α,β-unsaturated/α-hetero) is 1. The molecule has 2 fully saturated rings. The van der Waals surface area contributed by atoms with Crippen LogP contribution in [0.15, 0.2) is 0 Å². The van der Waals surface area contributed by atoms with Gasteiger partial charge in [-0.3, -0.25) is 9.69 Å². The van der Waals surface area contributed by atoms with Crippen LogP contribution in [0, 0.1) is 11.8 Å². The van der Waals surface area contributed by atoms with Crippen molar-refractivity contribution in [2.24, 2.45) is 0 Å². The molecule has 0 aromatic rings. The van der Waals surface area contributed by atoms with Crippen LogP contribution in [-0.2, 0) is 4.79 Å². The van der Waals surface area contributed by atoms with Gasteiger partial charge in [0, 0.05) is 12.8 Å². The van der Waals surface area contributed by atoms with Crippen LogP contribution in [0.2, 0.25) is 0 Å². The Labute approximate surface area is 105 Å². The maximum absolute atomic E-state index is 12.5. The summed E-state index contributed by atoms with van der Waals surface area (Å²) >= 11 is 0. The molecule has 1 saturated carbocycles. The molecule has 0 bridgehead atoms. The standard InChI is InChI=1S/C15H23NO/c1-2-3-4-9-14(17)15(10-5-6-11-15)16-12-7-8-13-16/h4-13H2,1H3. The van der Waals surface area contributed by atoms with E-state index in [0.29, 0.717) is 12.2 Å². The lowest BCUT2D eigenvalue weighted by atomic mass is 9.87. The van der Waals surface area contributed by atoms with E-state index in [1.807, 2.05) is 6.92 Å². The van der Waals surface area contributed by atoms with Gasteiger partial charge in [-0.2, -0.15) is 0 Å². The maximum Gasteiger partial charge on any atom is 0.154 e. The molecule has 2 heteroatoms. The van der Waals surface area contributed by atoms with Crippen LogP contribution in [0.5, 0.6) is 0 Å². The van der Waals surface area contributed by atoms with Gasteiger partial charge in [0.1, 0.15) is 0 Å². The highest BCUT2D eigenvalue weighted by Gasteiger charge is 2.45. The fourth-order valence-electron chi connectivity index (χ4n) is 3.41. The van der Waals surface area contributed by atoms with Gasteiger partial charge in [0.15, 0.2) is 5.78 Å². The molecule has 2 aliphatic rings. The normalized spacial score (nSPS) is 23.4. The molecule has 0 N–H and O–H groups in total. The van der Waals surface area contributed by atoms with Crippen LogP contribution >= 0.6 is 0 Å². The van der Waals surface area contributed by atoms with Crippen LogP contribution < -0.4 is 0 Å². The van der Waals surface area contributed by atoms with Crippen molar-refractivity contribution in [3.05, 3.63) is 0 Å². The van der Waals surface area contributed by atoms with E-state index < -0.39 is 0 Å². The molecule has 0 amide bonds. The summed E-state index contributed by atoms with van der Waals surface area (Å²) in [6.07, 6.45) is 8.55. The Balaban J connectivity index is 2.04. The van der Waals surface area contributed by atoms with Crippen molar-refractivity contribution in [2.45, 2.75) is 63.8 Å². The summed E-state index contributed by atoms with van der Waals surface area (Å²) < 4.78 is 0. The van der Waals surface area contributed by atoms with Crippen molar-refractivity contribution in [3.63, 3.8) is 0 Å². The Morgan fingerprint density at radius 3 is 2.41 bits per heavy atom. The van der Waals surface area contributed by atoms with Gasteiger partial charge < -0.3 is 0 Å². The lowest BCUT2D eigenvalue weighted by molar-refractivity contribution is -0.130. The minimum atomic E-state index is -0.0913. The van der Waals surface area contributed by atoms with Crippen molar-refractivity contribution in [1.82, 2.24) is 4.90 Å².